The van der Waals surface area contributed by atoms with E-state index < -0.39 is 16.8 Å². The molecule has 0 spiro atoms. The molecule has 0 fully saturated rings. The predicted octanol–water partition coefficient (Wildman–Crippen LogP) is 4.89. The van der Waals surface area contributed by atoms with Crippen LogP contribution in [0.2, 0.25) is 0 Å². The molecule has 168 valence electrons. The van der Waals surface area contributed by atoms with E-state index in [1.807, 2.05) is 45.0 Å². The summed E-state index contributed by atoms with van der Waals surface area (Å²) in [6, 6.07) is 13.9. The molecule has 1 heterocycles. The Morgan fingerprint density at radius 2 is 1.91 bits per heavy atom. The minimum atomic E-state index is -0.602. The average Bonchev–Trinajstić information content (AvgIpc) is 2.75. The van der Waals surface area contributed by atoms with Crippen LogP contribution >= 0.6 is 0 Å². The number of carbonyl (C=O) groups excluding carboxylic acids is 2. The maximum absolute atomic E-state index is 13.2. The van der Waals surface area contributed by atoms with Gasteiger partial charge >= 0.3 is 5.97 Å². The first-order valence-corrected chi connectivity index (χ1v) is 10.7. The predicted molar refractivity (Wildman–Crippen MR) is 121 cm³/mol. The van der Waals surface area contributed by atoms with Crippen molar-refractivity contribution in [3.8, 4) is 0 Å². The van der Waals surface area contributed by atoms with E-state index in [1.54, 1.807) is 24.0 Å². The molecular weight excluding hydrogens is 408 g/mol. The van der Waals surface area contributed by atoms with Crippen molar-refractivity contribution in [1.82, 2.24) is 4.90 Å². The Bertz CT molecular complexity index is 1070. The molecule has 32 heavy (non-hydrogen) atoms. The van der Waals surface area contributed by atoms with Crippen molar-refractivity contribution >= 4 is 17.6 Å². The van der Waals surface area contributed by atoms with Gasteiger partial charge in [0.25, 0.3) is 5.69 Å². The van der Waals surface area contributed by atoms with E-state index in [1.165, 1.54) is 12.1 Å². The van der Waals surface area contributed by atoms with Crippen molar-refractivity contribution in [1.29, 1.82) is 0 Å². The number of hydrogen-bond donors (Lipinski definition) is 0. The van der Waals surface area contributed by atoms with Crippen LogP contribution in [0.15, 0.2) is 59.8 Å². The molecule has 0 radical (unpaired) electrons. The molecule has 1 aliphatic rings. The molecule has 1 unspecified atom stereocenters. The molecule has 0 N–H and O–H groups in total. The standard InChI is InChI=1S/C25H28N2O5/c1-16(2)15-32-25(29)24-18(4)26(14-20-9-6-5-8-17(20)3)23(28)13-22(24)19-10-7-11-21(12-19)27(30)31/h5-12,16,22H,13-15H2,1-4H3. The molecule has 2 aromatic carbocycles. The van der Waals surface area contributed by atoms with Gasteiger partial charge in [0.1, 0.15) is 0 Å². The molecule has 0 saturated carbocycles. The summed E-state index contributed by atoms with van der Waals surface area (Å²) in [5, 5.41) is 11.3. The number of carbonyl (C=O) groups is 2. The van der Waals surface area contributed by atoms with Gasteiger partial charge in [-0.25, -0.2) is 4.79 Å². The number of benzene rings is 2. The second-order valence-corrected chi connectivity index (χ2v) is 8.51. The highest BCUT2D eigenvalue weighted by Crippen LogP contribution is 2.38. The van der Waals surface area contributed by atoms with Crippen LogP contribution in [0.25, 0.3) is 0 Å². The lowest BCUT2D eigenvalue weighted by atomic mass is 9.83. The minimum absolute atomic E-state index is 0.0382. The zero-order chi connectivity index (χ0) is 23.4. The van der Waals surface area contributed by atoms with Gasteiger partial charge in [0.15, 0.2) is 0 Å². The van der Waals surface area contributed by atoms with Gasteiger partial charge in [-0.3, -0.25) is 14.9 Å². The van der Waals surface area contributed by atoms with Crippen LogP contribution in [0.3, 0.4) is 0 Å². The molecule has 2 aromatic rings. The monoisotopic (exact) mass is 436 g/mol. The van der Waals surface area contributed by atoms with Crippen LogP contribution in [0.5, 0.6) is 0 Å². The van der Waals surface area contributed by atoms with E-state index in [4.69, 9.17) is 4.74 Å². The maximum Gasteiger partial charge on any atom is 0.336 e. The zero-order valence-corrected chi connectivity index (χ0v) is 18.8. The number of nitro benzene ring substituents is 1. The second-order valence-electron chi connectivity index (χ2n) is 8.51. The van der Waals surface area contributed by atoms with Gasteiger partial charge in [0.2, 0.25) is 5.91 Å². The minimum Gasteiger partial charge on any atom is -0.462 e. The van der Waals surface area contributed by atoms with Gasteiger partial charge in [-0.15, -0.1) is 0 Å². The molecule has 0 aliphatic carbocycles. The van der Waals surface area contributed by atoms with Gasteiger partial charge in [-0.2, -0.15) is 0 Å². The summed E-state index contributed by atoms with van der Waals surface area (Å²) in [5.41, 5.74) is 3.42. The molecule has 3 rings (SSSR count). The number of non-ortho nitro benzene ring substituents is 1. The zero-order valence-electron chi connectivity index (χ0n) is 18.8. The fourth-order valence-electron chi connectivity index (χ4n) is 3.89. The summed E-state index contributed by atoms with van der Waals surface area (Å²) in [7, 11) is 0. The molecule has 0 saturated heterocycles. The van der Waals surface area contributed by atoms with E-state index in [2.05, 4.69) is 0 Å². The van der Waals surface area contributed by atoms with Crippen molar-refractivity contribution in [3.05, 3.63) is 86.6 Å². The Hall–Kier alpha value is -3.48. The van der Waals surface area contributed by atoms with E-state index in [9.17, 15) is 19.7 Å². The number of nitrogens with zero attached hydrogens (tertiary/aromatic N) is 2. The van der Waals surface area contributed by atoms with Crippen molar-refractivity contribution in [2.75, 3.05) is 6.61 Å². The first-order valence-electron chi connectivity index (χ1n) is 10.7. The van der Waals surface area contributed by atoms with Crippen molar-refractivity contribution in [3.63, 3.8) is 0 Å². The van der Waals surface area contributed by atoms with Gasteiger partial charge < -0.3 is 9.64 Å². The Labute approximate surface area is 187 Å². The lowest BCUT2D eigenvalue weighted by molar-refractivity contribution is -0.384. The molecule has 0 aromatic heterocycles. The highest BCUT2D eigenvalue weighted by Gasteiger charge is 2.37. The molecule has 1 aliphatic heterocycles. The van der Waals surface area contributed by atoms with Crippen LogP contribution in [0, 0.1) is 23.0 Å². The van der Waals surface area contributed by atoms with E-state index in [-0.39, 0.29) is 30.5 Å². The summed E-state index contributed by atoms with van der Waals surface area (Å²) in [6.07, 6.45) is 0.0382. The molecule has 7 heteroatoms. The van der Waals surface area contributed by atoms with Gasteiger partial charge in [-0.1, -0.05) is 50.2 Å². The summed E-state index contributed by atoms with van der Waals surface area (Å²) in [6.45, 7) is 8.21. The Morgan fingerprint density at radius 1 is 1.19 bits per heavy atom. The number of aryl methyl sites for hydroxylation is 1. The summed E-state index contributed by atoms with van der Waals surface area (Å²) >= 11 is 0. The normalized spacial score (nSPS) is 16.5. The third kappa shape index (κ3) is 5.04. The van der Waals surface area contributed by atoms with E-state index in [0.29, 0.717) is 23.4 Å². The number of rotatable bonds is 7. The average molecular weight is 437 g/mol. The van der Waals surface area contributed by atoms with Crippen molar-refractivity contribution < 1.29 is 19.2 Å². The summed E-state index contributed by atoms with van der Waals surface area (Å²) in [4.78, 5) is 38.7. The molecule has 1 atom stereocenters. The molecule has 0 bridgehead atoms. The number of ether oxygens (including phenoxy) is 1. The van der Waals surface area contributed by atoms with E-state index >= 15 is 0 Å². The number of allylic oxidation sites excluding steroid dienone is 1. The fraction of sp³-hybridized carbons (Fsp3) is 0.360. The van der Waals surface area contributed by atoms with Crippen LogP contribution < -0.4 is 0 Å². The van der Waals surface area contributed by atoms with Crippen LogP contribution in [0.4, 0.5) is 5.69 Å². The quantitative estimate of drug-likeness (QED) is 0.350. The number of nitro groups is 1. The van der Waals surface area contributed by atoms with Crippen LogP contribution in [-0.2, 0) is 20.9 Å². The Balaban J connectivity index is 2.05. The summed E-state index contributed by atoms with van der Waals surface area (Å²) < 4.78 is 5.53. The Kier molecular flexibility index (Phi) is 7.08. The number of hydrogen-bond acceptors (Lipinski definition) is 5. The fourth-order valence-corrected chi connectivity index (χ4v) is 3.89. The second kappa shape index (κ2) is 9.77. The topological polar surface area (TPSA) is 89.7 Å². The number of amides is 1. The third-order valence-corrected chi connectivity index (χ3v) is 5.66. The van der Waals surface area contributed by atoms with Gasteiger partial charge in [-0.05, 0) is 36.5 Å². The van der Waals surface area contributed by atoms with Crippen molar-refractivity contribution in [2.24, 2.45) is 5.92 Å². The highest BCUT2D eigenvalue weighted by molar-refractivity contribution is 5.96. The molecular formula is C25H28N2O5. The first kappa shape index (κ1) is 23.2. The smallest absolute Gasteiger partial charge is 0.336 e. The van der Waals surface area contributed by atoms with E-state index in [0.717, 1.165) is 11.1 Å². The Morgan fingerprint density at radius 3 is 2.56 bits per heavy atom. The van der Waals surface area contributed by atoms with Gasteiger partial charge in [0, 0.05) is 30.2 Å². The lowest BCUT2D eigenvalue weighted by Crippen LogP contribution is -2.38. The third-order valence-electron chi connectivity index (χ3n) is 5.66. The van der Waals surface area contributed by atoms with Crippen molar-refractivity contribution in [2.45, 2.75) is 46.6 Å². The van der Waals surface area contributed by atoms with Crippen LogP contribution in [-0.4, -0.2) is 28.3 Å². The highest BCUT2D eigenvalue weighted by atomic mass is 16.6. The maximum atomic E-state index is 13.2. The number of esters is 1. The summed E-state index contributed by atoms with van der Waals surface area (Å²) in [5.74, 6) is -1.07. The molecule has 1 amide bonds. The lowest BCUT2D eigenvalue weighted by Gasteiger charge is -2.35. The molecule has 7 nitrogen and oxygen atoms in total. The first-order chi connectivity index (χ1) is 15.2. The largest absolute Gasteiger partial charge is 0.462 e. The van der Waals surface area contributed by atoms with Crippen LogP contribution in [0.1, 0.15) is 49.8 Å². The van der Waals surface area contributed by atoms with Gasteiger partial charge in [0.05, 0.1) is 23.6 Å². The SMILES string of the molecule is CC1=C(C(=O)OCC(C)C)C(c2cccc([N+](=O)[O-])c2)CC(=O)N1Cc1ccccc1C.